The van der Waals surface area contributed by atoms with Gasteiger partial charge in [0.15, 0.2) is 0 Å². The lowest BCUT2D eigenvalue weighted by atomic mass is 9.73. The molecule has 3 nitrogen and oxygen atoms in total. The van der Waals surface area contributed by atoms with Crippen LogP contribution in [0.15, 0.2) is 28.7 Å². The van der Waals surface area contributed by atoms with Gasteiger partial charge < -0.3 is 4.74 Å². The summed E-state index contributed by atoms with van der Waals surface area (Å²) in [5, 5.41) is 0. The topological polar surface area (TPSA) is 47.3 Å². The third-order valence-electron chi connectivity index (χ3n) is 4.61. The first-order valence-electron chi connectivity index (χ1n) is 7.94. The second-order valence-corrected chi connectivity index (χ2v) is 7.16. The predicted molar refractivity (Wildman–Crippen MR) is 90.9 cm³/mol. The number of nitrogens with one attached hydrogen (secondary N) is 1. The molecule has 0 heterocycles. The maximum absolute atomic E-state index is 6.24. The smallest absolute Gasteiger partial charge is 0.0853 e. The minimum atomic E-state index is -0.131. The van der Waals surface area contributed by atoms with Crippen LogP contribution in [0.4, 0.5) is 0 Å². The second kappa shape index (κ2) is 7.73. The van der Waals surface area contributed by atoms with Crippen molar-refractivity contribution >= 4 is 15.9 Å². The quantitative estimate of drug-likeness (QED) is 0.603. The highest BCUT2D eigenvalue weighted by atomic mass is 79.9. The molecule has 118 valence electrons. The zero-order chi connectivity index (χ0) is 15.3. The van der Waals surface area contributed by atoms with E-state index in [9.17, 15) is 0 Å². The molecular formula is C17H27BrN2O. The molecule has 3 atom stereocenters. The van der Waals surface area contributed by atoms with Crippen molar-refractivity contribution in [2.24, 2.45) is 11.8 Å². The standard InChI is InChI=1S/C17H27BrN2O/c1-3-21-17(10-4-5-13(2)12-17)16(20-19)11-14-6-8-15(18)9-7-14/h6-9,13,16,20H,3-5,10-12,19H2,1-2H3. The van der Waals surface area contributed by atoms with Crippen LogP contribution < -0.4 is 11.3 Å². The van der Waals surface area contributed by atoms with E-state index in [1.807, 2.05) is 0 Å². The van der Waals surface area contributed by atoms with Gasteiger partial charge in [-0.25, -0.2) is 0 Å². The van der Waals surface area contributed by atoms with Crippen molar-refractivity contribution < 1.29 is 4.74 Å². The lowest BCUT2D eigenvalue weighted by Gasteiger charge is -2.45. The van der Waals surface area contributed by atoms with Gasteiger partial charge >= 0.3 is 0 Å². The Morgan fingerprint density at radius 2 is 2.14 bits per heavy atom. The van der Waals surface area contributed by atoms with Crippen molar-refractivity contribution in [3.8, 4) is 0 Å². The largest absolute Gasteiger partial charge is 0.374 e. The number of nitrogens with two attached hydrogens (primary N) is 1. The Labute approximate surface area is 136 Å². The lowest BCUT2D eigenvalue weighted by molar-refractivity contribution is -0.100. The first-order valence-corrected chi connectivity index (χ1v) is 8.73. The molecule has 2 rings (SSSR count). The van der Waals surface area contributed by atoms with Gasteiger partial charge in [-0.1, -0.05) is 47.8 Å². The fourth-order valence-electron chi connectivity index (χ4n) is 3.63. The van der Waals surface area contributed by atoms with Gasteiger partial charge in [-0.15, -0.1) is 0 Å². The van der Waals surface area contributed by atoms with Crippen LogP contribution in [-0.4, -0.2) is 18.2 Å². The number of hydrogen-bond acceptors (Lipinski definition) is 3. The van der Waals surface area contributed by atoms with Gasteiger partial charge in [-0.2, -0.15) is 0 Å². The summed E-state index contributed by atoms with van der Waals surface area (Å²) in [5.41, 5.74) is 4.20. The highest BCUT2D eigenvalue weighted by molar-refractivity contribution is 9.10. The van der Waals surface area contributed by atoms with Crippen LogP contribution in [-0.2, 0) is 11.2 Å². The summed E-state index contributed by atoms with van der Waals surface area (Å²) in [6, 6.07) is 8.63. The molecule has 1 fully saturated rings. The van der Waals surface area contributed by atoms with Crippen LogP contribution in [0.1, 0.15) is 45.1 Å². The van der Waals surface area contributed by atoms with E-state index in [-0.39, 0.29) is 11.6 Å². The molecule has 1 aliphatic carbocycles. The highest BCUT2D eigenvalue weighted by Gasteiger charge is 2.42. The van der Waals surface area contributed by atoms with E-state index in [0.717, 1.165) is 30.3 Å². The van der Waals surface area contributed by atoms with Gasteiger partial charge in [-0.3, -0.25) is 11.3 Å². The Hall–Kier alpha value is -0.420. The number of hydrogen-bond donors (Lipinski definition) is 2. The molecule has 3 N–H and O–H groups in total. The van der Waals surface area contributed by atoms with Crippen molar-refractivity contribution in [1.29, 1.82) is 0 Å². The molecular weight excluding hydrogens is 328 g/mol. The number of hydrazine groups is 1. The van der Waals surface area contributed by atoms with Gasteiger partial charge in [-0.05, 0) is 49.8 Å². The molecule has 0 aliphatic heterocycles. The van der Waals surface area contributed by atoms with Crippen LogP contribution >= 0.6 is 15.9 Å². The van der Waals surface area contributed by atoms with Crippen LogP contribution in [0.5, 0.6) is 0 Å². The van der Waals surface area contributed by atoms with E-state index in [4.69, 9.17) is 10.6 Å². The summed E-state index contributed by atoms with van der Waals surface area (Å²) >= 11 is 3.48. The summed E-state index contributed by atoms with van der Waals surface area (Å²) in [6.45, 7) is 5.14. The normalized spacial score (nSPS) is 27.5. The zero-order valence-corrected chi connectivity index (χ0v) is 14.7. The fourth-order valence-corrected chi connectivity index (χ4v) is 3.90. The first kappa shape index (κ1) is 16.9. The molecule has 1 aromatic rings. The van der Waals surface area contributed by atoms with E-state index in [1.54, 1.807) is 0 Å². The molecule has 0 bridgehead atoms. The number of rotatable bonds is 6. The highest BCUT2D eigenvalue weighted by Crippen LogP contribution is 2.38. The van der Waals surface area contributed by atoms with Crippen molar-refractivity contribution in [3.05, 3.63) is 34.3 Å². The number of ether oxygens (including phenoxy) is 1. The Morgan fingerprint density at radius 1 is 1.43 bits per heavy atom. The summed E-state index contributed by atoms with van der Waals surface area (Å²) in [4.78, 5) is 0. The zero-order valence-electron chi connectivity index (χ0n) is 13.1. The molecule has 0 spiro atoms. The molecule has 3 unspecified atom stereocenters. The van der Waals surface area contributed by atoms with Gasteiger partial charge in [0.05, 0.1) is 11.6 Å². The van der Waals surface area contributed by atoms with E-state index in [2.05, 4.69) is 59.5 Å². The average molecular weight is 355 g/mol. The summed E-state index contributed by atoms with van der Waals surface area (Å²) in [6.07, 6.45) is 5.60. The molecule has 21 heavy (non-hydrogen) atoms. The minimum absolute atomic E-state index is 0.131. The molecule has 4 heteroatoms. The van der Waals surface area contributed by atoms with Crippen molar-refractivity contribution in [3.63, 3.8) is 0 Å². The van der Waals surface area contributed by atoms with Gasteiger partial charge in [0.2, 0.25) is 0 Å². The fraction of sp³-hybridized carbons (Fsp3) is 0.647. The number of halogens is 1. The van der Waals surface area contributed by atoms with Crippen molar-refractivity contribution in [1.82, 2.24) is 5.43 Å². The van der Waals surface area contributed by atoms with Crippen LogP contribution in [0.3, 0.4) is 0 Å². The molecule has 1 aliphatic rings. The minimum Gasteiger partial charge on any atom is -0.374 e. The third-order valence-corrected chi connectivity index (χ3v) is 5.14. The third kappa shape index (κ3) is 4.28. The average Bonchev–Trinajstić information content (AvgIpc) is 2.47. The monoisotopic (exact) mass is 354 g/mol. The van der Waals surface area contributed by atoms with E-state index in [1.165, 1.54) is 18.4 Å². The maximum Gasteiger partial charge on any atom is 0.0853 e. The van der Waals surface area contributed by atoms with Crippen molar-refractivity contribution in [2.75, 3.05) is 6.61 Å². The summed E-state index contributed by atoms with van der Waals surface area (Å²) in [7, 11) is 0. The molecule has 0 aromatic heterocycles. The number of benzene rings is 1. The lowest BCUT2D eigenvalue weighted by Crippen LogP contribution is -2.57. The van der Waals surface area contributed by atoms with Gasteiger partial charge in [0, 0.05) is 11.1 Å². The van der Waals surface area contributed by atoms with E-state index in [0.29, 0.717) is 5.92 Å². The Balaban J connectivity index is 2.17. The summed E-state index contributed by atoms with van der Waals surface area (Å²) < 4.78 is 7.34. The molecule has 0 saturated heterocycles. The first-order chi connectivity index (χ1) is 10.1. The van der Waals surface area contributed by atoms with Crippen LogP contribution in [0.25, 0.3) is 0 Å². The SMILES string of the molecule is CCOC1(C(Cc2ccc(Br)cc2)NN)CCCC(C)C1. The van der Waals surface area contributed by atoms with Gasteiger partial charge in [0.1, 0.15) is 0 Å². The molecule has 1 saturated carbocycles. The molecule has 1 aromatic carbocycles. The van der Waals surface area contributed by atoms with E-state index < -0.39 is 0 Å². The van der Waals surface area contributed by atoms with Crippen molar-refractivity contribution in [2.45, 2.75) is 57.6 Å². The maximum atomic E-state index is 6.24. The predicted octanol–water partition coefficient (Wildman–Crippen LogP) is 3.81. The summed E-state index contributed by atoms with van der Waals surface area (Å²) in [5.74, 6) is 6.60. The molecule has 0 radical (unpaired) electrons. The Morgan fingerprint density at radius 3 is 2.71 bits per heavy atom. The van der Waals surface area contributed by atoms with E-state index >= 15 is 0 Å². The van der Waals surface area contributed by atoms with Crippen LogP contribution in [0.2, 0.25) is 0 Å². The Bertz CT molecular complexity index is 433. The second-order valence-electron chi connectivity index (χ2n) is 6.25. The van der Waals surface area contributed by atoms with Crippen LogP contribution in [0, 0.1) is 5.92 Å². The Kier molecular flexibility index (Phi) is 6.23. The molecule has 0 amide bonds. The van der Waals surface area contributed by atoms with Gasteiger partial charge in [0.25, 0.3) is 0 Å².